The highest BCUT2D eigenvalue weighted by Crippen LogP contribution is 2.34. The number of methoxy groups -OCH3 is 1. The summed E-state index contributed by atoms with van der Waals surface area (Å²) in [6, 6.07) is 17.8. The summed E-state index contributed by atoms with van der Waals surface area (Å²) in [5.74, 6) is 2.06. The van der Waals surface area contributed by atoms with Gasteiger partial charge in [0, 0.05) is 29.8 Å². The molecule has 0 saturated heterocycles. The fraction of sp³-hybridized carbons (Fsp3) is 0.261. The average molecular weight is 457 g/mol. The number of nitrogens with zero attached hydrogens (tertiary/aromatic N) is 1. The summed E-state index contributed by atoms with van der Waals surface area (Å²) in [5.41, 5.74) is 3.45. The van der Waals surface area contributed by atoms with Gasteiger partial charge in [0.2, 0.25) is 5.88 Å². The Bertz CT molecular complexity index is 919. The molecule has 0 aliphatic heterocycles. The first kappa shape index (κ1) is 21.1. The zero-order valence-electron chi connectivity index (χ0n) is 16.7. The summed E-state index contributed by atoms with van der Waals surface area (Å²) in [6.07, 6.45) is 1.72. The highest BCUT2D eigenvalue weighted by molar-refractivity contribution is 9.10. The molecule has 0 radical (unpaired) electrons. The fourth-order valence-corrected chi connectivity index (χ4v) is 3.26. The van der Waals surface area contributed by atoms with E-state index in [1.54, 1.807) is 13.3 Å². The maximum Gasteiger partial charge on any atom is 0.213 e. The standard InChI is InChI=1S/C23H25BrN2O3/c1-17-7-3-4-8-18(17)16-29-22-14-20(24)19(13-21(22)27-2)15-25-11-12-28-23-9-5-6-10-26-23/h3-10,13-14,25H,11-12,15-16H2,1-2H3. The highest BCUT2D eigenvalue weighted by atomic mass is 79.9. The molecule has 0 spiro atoms. The number of pyridine rings is 1. The number of halogens is 1. The molecule has 0 amide bonds. The van der Waals surface area contributed by atoms with Gasteiger partial charge in [0.05, 0.1) is 7.11 Å². The van der Waals surface area contributed by atoms with Crippen molar-refractivity contribution in [2.24, 2.45) is 0 Å². The van der Waals surface area contributed by atoms with E-state index in [1.165, 1.54) is 5.56 Å². The van der Waals surface area contributed by atoms with Crippen molar-refractivity contribution in [3.63, 3.8) is 0 Å². The van der Waals surface area contributed by atoms with E-state index >= 15 is 0 Å². The van der Waals surface area contributed by atoms with Gasteiger partial charge in [-0.2, -0.15) is 0 Å². The highest BCUT2D eigenvalue weighted by Gasteiger charge is 2.11. The van der Waals surface area contributed by atoms with Gasteiger partial charge < -0.3 is 19.5 Å². The Morgan fingerprint density at radius 1 is 0.966 bits per heavy atom. The first-order chi connectivity index (χ1) is 14.2. The van der Waals surface area contributed by atoms with Crippen LogP contribution in [-0.4, -0.2) is 25.2 Å². The number of ether oxygens (including phenoxy) is 3. The molecule has 3 rings (SSSR count). The number of hydrogen-bond donors (Lipinski definition) is 1. The fourth-order valence-electron chi connectivity index (χ4n) is 2.80. The van der Waals surface area contributed by atoms with Crippen molar-refractivity contribution in [3.8, 4) is 17.4 Å². The molecule has 1 N–H and O–H groups in total. The van der Waals surface area contributed by atoms with Crippen molar-refractivity contribution in [1.82, 2.24) is 10.3 Å². The van der Waals surface area contributed by atoms with E-state index in [0.717, 1.165) is 15.6 Å². The van der Waals surface area contributed by atoms with Gasteiger partial charge in [0.25, 0.3) is 0 Å². The topological polar surface area (TPSA) is 52.6 Å². The van der Waals surface area contributed by atoms with E-state index in [1.807, 2.05) is 42.5 Å². The molecule has 1 heterocycles. The van der Waals surface area contributed by atoms with E-state index in [4.69, 9.17) is 14.2 Å². The molecule has 0 aliphatic carbocycles. The lowest BCUT2D eigenvalue weighted by molar-refractivity contribution is 0.283. The second-order valence-electron chi connectivity index (χ2n) is 6.50. The van der Waals surface area contributed by atoms with E-state index in [-0.39, 0.29) is 0 Å². The molecule has 5 nitrogen and oxygen atoms in total. The van der Waals surface area contributed by atoms with Crippen LogP contribution in [0, 0.1) is 6.92 Å². The summed E-state index contributed by atoms with van der Waals surface area (Å²) in [7, 11) is 1.65. The Morgan fingerprint density at radius 3 is 2.55 bits per heavy atom. The zero-order valence-corrected chi connectivity index (χ0v) is 18.2. The minimum Gasteiger partial charge on any atom is -0.493 e. The second kappa shape index (κ2) is 10.8. The van der Waals surface area contributed by atoms with Gasteiger partial charge in [0.15, 0.2) is 11.5 Å². The lowest BCUT2D eigenvalue weighted by Gasteiger charge is -2.15. The maximum atomic E-state index is 6.02. The number of aryl methyl sites for hydroxylation is 1. The Labute approximate surface area is 180 Å². The summed E-state index contributed by atoms with van der Waals surface area (Å²) >= 11 is 3.64. The van der Waals surface area contributed by atoms with Gasteiger partial charge in [-0.25, -0.2) is 4.98 Å². The molecule has 29 heavy (non-hydrogen) atoms. The molecular formula is C23H25BrN2O3. The molecule has 0 aliphatic rings. The van der Waals surface area contributed by atoms with Crippen LogP contribution < -0.4 is 19.5 Å². The predicted molar refractivity (Wildman–Crippen MR) is 118 cm³/mol. The Balaban J connectivity index is 1.54. The van der Waals surface area contributed by atoms with Crippen molar-refractivity contribution in [2.45, 2.75) is 20.1 Å². The normalized spacial score (nSPS) is 10.6. The van der Waals surface area contributed by atoms with E-state index in [9.17, 15) is 0 Å². The minimum absolute atomic E-state index is 0.498. The number of rotatable bonds is 10. The molecule has 2 aromatic carbocycles. The molecule has 0 fully saturated rings. The van der Waals surface area contributed by atoms with Crippen molar-refractivity contribution in [2.75, 3.05) is 20.3 Å². The van der Waals surface area contributed by atoms with Crippen LogP contribution in [0.2, 0.25) is 0 Å². The first-order valence-electron chi connectivity index (χ1n) is 9.45. The summed E-state index contributed by atoms with van der Waals surface area (Å²) < 4.78 is 18.1. The van der Waals surface area contributed by atoms with Crippen LogP contribution in [0.5, 0.6) is 17.4 Å². The average Bonchev–Trinajstić information content (AvgIpc) is 2.74. The lowest BCUT2D eigenvalue weighted by atomic mass is 10.1. The monoisotopic (exact) mass is 456 g/mol. The van der Waals surface area contributed by atoms with Crippen LogP contribution in [-0.2, 0) is 13.2 Å². The maximum absolute atomic E-state index is 6.02. The predicted octanol–water partition coefficient (Wildman–Crippen LogP) is 4.91. The largest absolute Gasteiger partial charge is 0.493 e. The van der Waals surface area contributed by atoms with Crippen LogP contribution in [0.25, 0.3) is 0 Å². The van der Waals surface area contributed by atoms with Crippen molar-refractivity contribution in [3.05, 3.63) is 82.0 Å². The summed E-state index contributed by atoms with van der Waals surface area (Å²) in [6.45, 7) is 4.51. The molecule has 0 unspecified atom stereocenters. The third kappa shape index (κ3) is 6.21. The Morgan fingerprint density at radius 2 is 1.79 bits per heavy atom. The molecule has 0 saturated carbocycles. The smallest absolute Gasteiger partial charge is 0.213 e. The van der Waals surface area contributed by atoms with Gasteiger partial charge in [0.1, 0.15) is 13.2 Å². The Kier molecular flexibility index (Phi) is 7.90. The van der Waals surface area contributed by atoms with Crippen molar-refractivity contribution >= 4 is 15.9 Å². The molecule has 1 aromatic heterocycles. The molecule has 6 heteroatoms. The number of aromatic nitrogens is 1. The van der Waals surface area contributed by atoms with Crippen LogP contribution in [0.1, 0.15) is 16.7 Å². The summed E-state index contributed by atoms with van der Waals surface area (Å²) in [4.78, 5) is 4.14. The van der Waals surface area contributed by atoms with Crippen LogP contribution in [0.4, 0.5) is 0 Å². The van der Waals surface area contributed by atoms with Crippen molar-refractivity contribution in [1.29, 1.82) is 0 Å². The quantitative estimate of drug-likeness (QED) is 0.439. The number of nitrogens with one attached hydrogen (secondary N) is 1. The van der Waals surface area contributed by atoms with E-state index < -0.39 is 0 Å². The molecule has 3 aromatic rings. The summed E-state index contributed by atoms with van der Waals surface area (Å²) in [5, 5.41) is 3.37. The van der Waals surface area contributed by atoms with Gasteiger partial charge in [-0.05, 0) is 41.8 Å². The third-order valence-corrected chi connectivity index (χ3v) is 5.20. The zero-order chi connectivity index (χ0) is 20.5. The first-order valence-corrected chi connectivity index (χ1v) is 10.2. The van der Waals surface area contributed by atoms with Gasteiger partial charge in [-0.15, -0.1) is 0 Å². The van der Waals surface area contributed by atoms with Gasteiger partial charge >= 0.3 is 0 Å². The lowest BCUT2D eigenvalue weighted by Crippen LogP contribution is -2.21. The third-order valence-electron chi connectivity index (χ3n) is 4.46. The van der Waals surface area contributed by atoms with Crippen LogP contribution in [0.3, 0.4) is 0 Å². The van der Waals surface area contributed by atoms with E-state index in [0.29, 0.717) is 43.7 Å². The number of hydrogen-bond acceptors (Lipinski definition) is 5. The molecule has 0 bridgehead atoms. The van der Waals surface area contributed by atoms with Crippen LogP contribution in [0.15, 0.2) is 65.3 Å². The second-order valence-corrected chi connectivity index (χ2v) is 7.36. The molecule has 152 valence electrons. The minimum atomic E-state index is 0.498. The van der Waals surface area contributed by atoms with Crippen LogP contribution >= 0.6 is 15.9 Å². The van der Waals surface area contributed by atoms with Crippen molar-refractivity contribution < 1.29 is 14.2 Å². The molecular weight excluding hydrogens is 432 g/mol. The SMILES string of the molecule is COc1cc(CNCCOc2ccccn2)c(Br)cc1OCc1ccccc1C. The number of benzene rings is 2. The molecule has 0 atom stereocenters. The van der Waals surface area contributed by atoms with Gasteiger partial charge in [-0.1, -0.05) is 46.3 Å². The Hall–Kier alpha value is -2.57. The van der Waals surface area contributed by atoms with Gasteiger partial charge in [-0.3, -0.25) is 0 Å². The van der Waals surface area contributed by atoms with E-state index in [2.05, 4.69) is 45.3 Å².